The van der Waals surface area contributed by atoms with Gasteiger partial charge in [-0.2, -0.15) is 16.4 Å². The Bertz CT molecular complexity index is 742. The van der Waals surface area contributed by atoms with Gasteiger partial charge in [0.25, 0.3) is 5.91 Å². The van der Waals surface area contributed by atoms with Crippen LogP contribution >= 0.6 is 11.3 Å². The predicted octanol–water partition coefficient (Wildman–Crippen LogP) is 1.85. The molecule has 0 radical (unpaired) electrons. The topological polar surface area (TPSA) is 87.3 Å². The second-order valence-corrected chi connectivity index (χ2v) is 6.72. The summed E-state index contributed by atoms with van der Waals surface area (Å²) in [5.41, 5.74) is 1.63. The summed E-state index contributed by atoms with van der Waals surface area (Å²) in [6.07, 6.45) is 1.19. The van der Waals surface area contributed by atoms with Crippen molar-refractivity contribution in [3.8, 4) is 11.3 Å². The summed E-state index contributed by atoms with van der Waals surface area (Å²) >= 11 is 1.59. The maximum atomic E-state index is 12.7. The minimum Gasteiger partial charge on any atom is -0.439 e. The van der Waals surface area contributed by atoms with Crippen LogP contribution in [-0.4, -0.2) is 52.3 Å². The first-order valence-corrected chi connectivity index (χ1v) is 8.44. The van der Waals surface area contributed by atoms with Gasteiger partial charge < -0.3 is 15.0 Å². The number of carbonyl (C=O) groups is 2. The molecule has 2 saturated heterocycles. The smallest absolute Gasteiger partial charge is 0.407 e. The van der Waals surface area contributed by atoms with E-state index in [-0.39, 0.29) is 5.91 Å². The fourth-order valence-corrected chi connectivity index (χ4v) is 3.81. The molecule has 2 amide bonds. The van der Waals surface area contributed by atoms with Crippen LogP contribution in [0, 0.1) is 0 Å². The van der Waals surface area contributed by atoms with Gasteiger partial charge in [0.15, 0.2) is 0 Å². The largest absolute Gasteiger partial charge is 0.439 e. The quantitative estimate of drug-likeness (QED) is 0.878. The number of aromatic nitrogens is 2. The summed E-state index contributed by atoms with van der Waals surface area (Å²) in [4.78, 5) is 25.8. The first-order valence-electron chi connectivity index (χ1n) is 7.49. The van der Waals surface area contributed by atoms with Crippen LogP contribution in [0.4, 0.5) is 4.79 Å². The van der Waals surface area contributed by atoms with Crippen molar-refractivity contribution in [2.75, 3.05) is 19.6 Å². The standard InChI is InChI=1S/C15H16N4O3S/c20-13(12-6-11(17-18-12)10-2-5-23-7-10)19-4-1-3-15(9-19)8-16-14(21)22-15/h2,5-7H,1,3-4,8-9H2,(H,16,21)(H,17,18)/t15-/m1/s1. The molecular weight excluding hydrogens is 316 g/mol. The van der Waals surface area contributed by atoms with Gasteiger partial charge in [-0.05, 0) is 30.4 Å². The molecule has 0 bridgehead atoms. The molecule has 2 aliphatic rings. The molecule has 1 spiro atoms. The Morgan fingerprint density at radius 3 is 3.13 bits per heavy atom. The average Bonchev–Trinajstić information content (AvgIpc) is 3.27. The number of likely N-dealkylation sites (tertiary alicyclic amines) is 1. The molecule has 4 heterocycles. The molecule has 1 atom stereocenters. The van der Waals surface area contributed by atoms with Crippen molar-refractivity contribution in [1.29, 1.82) is 0 Å². The van der Waals surface area contributed by atoms with Crippen molar-refractivity contribution in [1.82, 2.24) is 20.4 Å². The summed E-state index contributed by atoms with van der Waals surface area (Å²) in [5, 5.41) is 13.7. The normalized spacial score (nSPS) is 23.8. The van der Waals surface area contributed by atoms with E-state index in [0.29, 0.717) is 25.3 Å². The van der Waals surface area contributed by atoms with E-state index in [4.69, 9.17) is 4.74 Å². The number of hydrogen-bond donors (Lipinski definition) is 2. The summed E-state index contributed by atoms with van der Waals surface area (Å²) in [6.45, 7) is 1.53. The van der Waals surface area contributed by atoms with Crippen LogP contribution in [-0.2, 0) is 4.74 Å². The van der Waals surface area contributed by atoms with Gasteiger partial charge in [0.1, 0.15) is 11.3 Å². The summed E-state index contributed by atoms with van der Waals surface area (Å²) in [6, 6.07) is 3.74. The van der Waals surface area contributed by atoms with Gasteiger partial charge in [-0.1, -0.05) is 0 Å². The number of ether oxygens (including phenoxy) is 1. The Hall–Kier alpha value is -2.35. The Labute approximate surface area is 136 Å². The Balaban J connectivity index is 1.51. The number of aromatic amines is 1. The second-order valence-electron chi connectivity index (χ2n) is 5.94. The maximum absolute atomic E-state index is 12.7. The highest BCUT2D eigenvalue weighted by atomic mass is 32.1. The van der Waals surface area contributed by atoms with Crippen molar-refractivity contribution >= 4 is 23.3 Å². The number of thiophene rings is 1. The van der Waals surface area contributed by atoms with Crippen LogP contribution in [0.5, 0.6) is 0 Å². The van der Waals surface area contributed by atoms with Crippen molar-refractivity contribution < 1.29 is 14.3 Å². The first-order chi connectivity index (χ1) is 11.2. The summed E-state index contributed by atoms with van der Waals surface area (Å²) < 4.78 is 5.40. The Morgan fingerprint density at radius 1 is 1.48 bits per heavy atom. The van der Waals surface area contributed by atoms with Gasteiger partial charge in [0.05, 0.1) is 18.8 Å². The highest BCUT2D eigenvalue weighted by molar-refractivity contribution is 7.08. The predicted molar refractivity (Wildman–Crippen MR) is 84.3 cm³/mol. The lowest BCUT2D eigenvalue weighted by Crippen LogP contribution is -2.52. The number of amides is 2. The van der Waals surface area contributed by atoms with E-state index in [1.165, 1.54) is 0 Å². The number of nitrogens with one attached hydrogen (secondary N) is 2. The van der Waals surface area contributed by atoms with Crippen LogP contribution in [0.15, 0.2) is 22.9 Å². The molecular formula is C15H16N4O3S. The minimum absolute atomic E-state index is 0.110. The molecule has 0 saturated carbocycles. The van der Waals surface area contributed by atoms with Crippen molar-refractivity contribution in [2.24, 2.45) is 0 Å². The van der Waals surface area contributed by atoms with Crippen molar-refractivity contribution in [3.05, 3.63) is 28.6 Å². The fraction of sp³-hybridized carbons (Fsp3) is 0.400. The molecule has 23 heavy (non-hydrogen) atoms. The molecule has 2 aliphatic heterocycles. The molecule has 120 valence electrons. The van der Waals surface area contributed by atoms with Gasteiger partial charge in [0.2, 0.25) is 0 Å². The molecule has 0 aliphatic carbocycles. The molecule has 2 N–H and O–H groups in total. The maximum Gasteiger partial charge on any atom is 0.407 e. The molecule has 4 rings (SSSR count). The van der Waals surface area contributed by atoms with Gasteiger partial charge >= 0.3 is 6.09 Å². The van der Waals surface area contributed by atoms with Crippen LogP contribution in [0.25, 0.3) is 11.3 Å². The highest BCUT2D eigenvalue weighted by Crippen LogP contribution is 2.29. The third-order valence-electron chi connectivity index (χ3n) is 4.32. The van der Waals surface area contributed by atoms with Crippen LogP contribution in [0.1, 0.15) is 23.3 Å². The third kappa shape index (κ3) is 2.59. The summed E-state index contributed by atoms with van der Waals surface area (Å²) in [5.74, 6) is -0.110. The van der Waals surface area contributed by atoms with Crippen LogP contribution in [0.2, 0.25) is 0 Å². The van der Waals surface area contributed by atoms with E-state index >= 15 is 0 Å². The molecule has 2 aromatic rings. The van der Waals surface area contributed by atoms with Crippen molar-refractivity contribution in [2.45, 2.75) is 18.4 Å². The number of rotatable bonds is 2. The van der Waals surface area contributed by atoms with E-state index in [1.54, 1.807) is 22.3 Å². The molecule has 2 aromatic heterocycles. The Morgan fingerprint density at radius 2 is 2.39 bits per heavy atom. The van der Waals surface area contributed by atoms with Crippen LogP contribution < -0.4 is 5.32 Å². The zero-order valence-electron chi connectivity index (χ0n) is 12.4. The first kappa shape index (κ1) is 14.3. The Kier molecular flexibility index (Phi) is 3.33. The van der Waals surface area contributed by atoms with Crippen LogP contribution in [0.3, 0.4) is 0 Å². The number of nitrogens with zero attached hydrogens (tertiary/aromatic N) is 2. The molecule has 0 aromatic carbocycles. The zero-order valence-corrected chi connectivity index (χ0v) is 13.2. The lowest BCUT2D eigenvalue weighted by molar-refractivity contribution is -0.00523. The monoisotopic (exact) mass is 332 g/mol. The number of hydrogen-bond acceptors (Lipinski definition) is 5. The van der Waals surface area contributed by atoms with Crippen molar-refractivity contribution in [3.63, 3.8) is 0 Å². The number of carbonyl (C=O) groups excluding carboxylic acids is 2. The lowest BCUT2D eigenvalue weighted by atomic mass is 9.93. The minimum atomic E-state index is -0.582. The number of alkyl carbamates (subject to hydrolysis) is 1. The van der Waals surface area contributed by atoms with E-state index < -0.39 is 11.7 Å². The molecule has 7 nitrogen and oxygen atoms in total. The SMILES string of the molecule is O=C1NC[C@@]2(CCCN(C(=O)c3cc(-c4ccsc4)n[nH]3)C2)O1. The van der Waals surface area contributed by atoms with E-state index in [0.717, 1.165) is 24.1 Å². The van der Waals surface area contributed by atoms with E-state index in [1.807, 2.05) is 16.8 Å². The van der Waals surface area contributed by atoms with Gasteiger partial charge in [-0.25, -0.2) is 4.79 Å². The average molecular weight is 332 g/mol. The van der Waals surface area contributed by atoms with E-state index in [2.05, 4.69) is 15.5 Å². The number of H-pyrrole nitrogens is 1. The second kappa shape index (κ2) is 5.38. The van der Waals surface area contributed by atoms with Gasteiger partial charge in [0, 0.05) is 17.5 Å². The van der Waals surface area contributed by atoms with E-state index in [9.17, 15) is 9.59 Å². The molecule has 2 fully saturated rings. The number of piperidine rings is 1. The summed E-state index contributed by atoms with van der Waals surface area (Å²) in [7, 11) is 0. The third-order valence-corrected chi connectivity index (χ3v) is 5.00. The molecule has 8 heteroatoms. The molecule has 0 unspecified atom stereocenters. The van der Waals surface area contributed by atoms with Gasteiger partial charge in [-0.15, -0.1) is 0 Å². The zero-order chi connectivity index (χ0) is 15.9. The van der Waals surface area contributed by atoms with Gasteiger partial charge in [-0.3, -0.25) is 9.89 Å². The highest BCUT2D eigenvalue weighted by Gasteiger charge is 2.45. The lowest BCUT2D eigenvalue weighted by Gasteiger charge is -2.37. The fourth-order valence-electron chi connectivity index (χ4n) is 3.16.